The Morgan fingerprint density at radius 3 is 2.36 bits per heavy atom. The number of sulfonamides is 1. The van der Waals surface area contributed by atoms with Crippen LogP contribution in [0.5, 0.6) is 5.75 Å². The van der Waals surface area contributed by atoms with Gasteiger partial charge in [-0.2, -0.15) is 0 Å². The lowest BCUT2D eigenvalue weighted by molar-refractivity contribution is -0.116. The van der Waals surface area contributed by atoms with Gasteiger partial charge in [-0.05, 0) is 49.2 Å². The number of anilines is 2. The molecule has 134 valence electrons. The van der Waals surface area contributed by atoms with Crippen LogP contribution in [0.1, 0.15) is 18.1 Å². The lowest BCUT2D eigenvalue weighted by Gasteiger charge is -2.20. The van der Waals surface area contributed by atoms with E-state index >= 15 is 0 Å². The molecule has 2 rings (SSSR count). The highest BCUT2D eigenvalue weighted by Gasteiger charge is 2.21. The van der Waals surface area contributed by atoms with E-state index in [4.69, 9.17) is 4.74 Å². The van der Waals surface area contributed by atoms with Gasteiger partial charge in [0.05, 0.1) is 23.4 Å². The van der Waals surface area contributed by atoms with Gasteiger partial charge in [-0.25, -0.2) is 8.42 Å². The van der Waals surface area contributed by atoms with Crippen molar-refractivity contribution in [2.75, 3.05) is 23.8 Å². The van der Waals surface area contributed by atoms with E-state index in [2.05, 4.69) is 4.72 Å². The highest BCUT2D eigenvalue weighted by Crippen LogP contribution is 2.30. The van der Waals surface area contributed by atoms with Crippen LogP contribution in [0.3, 0.4) is 0 Å². The third kappa shape index (κ3) is 3.93. The van der Waals surface area contributed by atoms with Crippen LogP contribution in [0.4, 0.5) is 11.4 Å². The number of rotatable bonds is 5. The van der Waals surface area contributed by atoms with Gasteiger partial charge in [0.25, 0.3) is 10.0 Å². The van der Waals surface area contributed by atoms with Crippen molar-refractivity contribution in [3.05, 3.63) is 47.5 Å². The Labute approximate surface area is 148 Å². The molecule has 0 saturated heterocycles. The predicted molar refractivity (Wildman–Crippen MR) is 98.8 cm³/mol. The van der Waals surface area contributed by atoms with Crippen LogP contribution in [0.25, 0.3) is 0 Å². The van der Waals surface area contributed by atoms with E-state index in [-0.39, 0.29) is 10.8 Å². The van der Waals surface area contributed by atoms with Gasteiger partial charge in [0.2, 0.25) is 5.91 Å². The molecule has 25 heavy (non-hydrogen) atoms. The second kappa shape index (κ2) is 7.14. The zero-order valence-electron chi connectivity index (χ0n) is 15.0. The summed E-state index contributed by atoms with van der Waals surface area (Å²) in [6.07, 6.45) is 0. The Morgan fingerprint density at radius 1 is 1.12 bits per heavy atom. The summed E-state index contributed by atoms with van der Waals surface area (Å²) in [4.78, 5) is 13.2. The number of hydrogen-bond acceptors (Lipinski definition) is 4. The van der Waals surface area contributed by atoms with Crippen LogP contribution < -0.4 is 14.4 Å². The fourth-order valence-electron chi connectivity index (χ4n) is 2.49. The Morgan fingerprint density at radius 2 is 1.76 bits per heavy atom. The molecule has 0 aliphatic carbocycles. The van der Waals surface area contributed by atoms with Crippen LogP contribution in [0, 0.1) is 13.8 Å². The molecular weight excluding hydrogens is 340 g/mol. The predicted octanol–water partition coefficient (Wildman–Crippen LogP) is 3.10. The van der Waals surface area contributed by atoms with Gasteiger partial charge in [0.15, 0.2) is 0 Å². The number of aryl methyl sites for hydroxylation is 2. The summed E-state index contributed by atoms with van der Waals surface area (Å²) in [5, 5.41) is 0. The summed E-state index contributed by atoms with van der Waals surface area (Å²) in [6.45, 7) is 4.92. The smallest absolute Gasteiger partial charge is 0.262 e. The van der Waals surface area contributed by atoms with Crippen molar-refractivity contribution >= 4 is 27.3 Å². The first-order valence-electron chi connectivity index (χ1n) is 7.68. The first-order chi connectivity index (χ1) is 11.7. The standard InChI is InChI=1S/C18H22N2O4S/c1-12-11-18(13(2)10-17(12)24-5)25(22,23)19-15-8-6-7-9-16(15)20(4)14(3)21/h6-11,19H,1-5H3. The van der Waals surface area contributed by atoms with Gasteiger partial charge in [-0.3, -0.25) is 9.52 Å². The summed E-state index contributed by atoms with van der Waals surface area (Å²) >= 11 is 0. The number of carbonyl (C=O) groups excluding carboxylic acids is 1. The lowest BCUT2D eigenvalue weighted by atomic mass is 10.1. The van der Waals surface area contributed by atoms with Crippen LogP contribution in [0.2, 0.25) is 0 Å². The molecule has 0 saturated carbocycles. The first kappa shape index (κ1) is 18.8. The molecule has 0 bridgehead atoms. The number of benzene rings is 2. The summed E-state index contributed by atoms with van der Waals surface area (Å²) in [5.41, 5.74) is 2.13. The third-order valence-corrected chi connectivity index (χ3v) is 5.47. The fourth-order valence-corrected chi connectivity index (χ4v) is 3.88. The summed E-state index contributed by atoms with van der Waals surface area (Å²) in [5.74, 6) is 0.441. The monoisotopic (exact) mass is 362 g/mol. The number of amides is 1. The topological polar surface area (TPSA) is 75.7 Å². The molecular formula is C18H22N2O4S. The summed E-state index contributed by atoms with van der Waals surface area (Å²) < 4.78 is 33.5. The Balaban J connectivity index is 2.48. The Hall–Kier alpha value is -2.54. The van der Waals surface area contributed by atoms with Crippen molar-refractivity contribution in [3.63, 3.8) is 0 Å². The minimum atomic E-state index is -3.82. The molecule has 2 aromatic rings. The van der Waals surface area contributed by atoms with Gasteiger partial charge >= 0.3 is 0 Å². The van der Waals surface area contributed by atoms with Gasteiger partial charge < -0.3 is 9.64 Å². The van der Waals surface area contributed by atoms with E-state index in [1.54, 1.807) is 64.4 Å². The van der Waals surface area contributed by atoms with Crippen molar-refractivity contribution in [2.24, 2.45) is 0 Å². The number of methoxy groups -OCH3 is 1. The number of nitrogens with one attached hydrogen (secondary N) is 1. The minimum absolute atomic E-state index is 0.172. The first-order valence-corrected chi connectivity index (χ1v) is 9.17. The molecule has 0 atom stereocenters. The maximum Gasteiger partial charge on any atom is 0.262 e. The van der Waals surface area contributed by atoms with Crippen LogP contribution in [-0.2, 0) is 14.8 Å². The highest BCUT2D eigenvalue weighted by molar-refractivity contribution is 7.92. The van der Waals surface area contributed by atoms with E-state index < -0.39 is 10.0 Å². The van der Waals surface area contributed by atoms with E-state index in [1.807, 2.05) is 0 Å². The molecule has 0 fully saturated rings. The fraction of sp³-hybridized carbons (Fsp3) is 0.278. The molecule has 1 N–H and O–H groups in total. The average molecular weight is 362 g/mol. The quantitative estimate of drug-likeness (QED) is 0.887. The highest BCUT2D eigenvalue weighted by atomic mass is 32.2. The van der Waals surface area contributed by atoms with Gasteiger partial charge in [-0.1, -0.05) is 12.1 Å². The van der Waals surface area contributed by atoms with E-state index in [0.717, 1.165) is 5.56 Å². The van der Waals surface area contributed by atoms with Crippen molar-refractivity contribution in [1.82, 2.24) is 0 Å². The number of ether oxygens (including phenoxy) is 1. The largest absolute Gasteiger partial charge is 0.496 e. The van der Waals surface area contributed by atoms with Gasteiger partial charge in [0, 0.05) is 14.0 Å². The van der Waals surface area contributed by atoms with Crippen LogP contribution in [0.15, 0.2) is 41.3 Å². The van der Waals surface area contributed by atoms with Crippen molar-refractivity contribution in [3.8, 4) is 5.75 Å². The van der Waals surface area contributed by atoms with E-state index in [9.17, 15) is 13.2 Å². The molecule has 2 aromatic carbocycles. The molecule has 0 radical (unpaired) electrons. The maximum atomic E-state index is 12.9. The van der Waals surface area contributed by atoms with Crippen LogP contribution >= 0.6 is 0 Å². The normalized spacial score (nSPS) is 11.1. The van der Waals surface area contributed by atoms with Crippen LogP contribution in [-0.4, -0.2) is 28.5 Å². The molecule has 0 aromatic heterocycles. The minimum Gasteiger partial charge on any atom is -0.496 e. The molecule has 0 aliphatic heterocycles. The molecule has 1 amide bonds. The lowest BCUT2D eigenvalue weighted by Crippen LogP contribution is -2.25. The number of carbonyl (C=O) groups is 1. The second-order valence-corrected chi connectivity index (χ2v) is 7.44. The van der Waals surface area contributed by atoms with Gasteiger partial charge in [0.1, 0.15) is 5.75 Å². The Kier molecular flexibility index (Phi) is 5.37. The molecule has 7 heteroatoms. The maximum absolute atomic E-state index is 12.9. The molecule has 0 spiro atoms. The third-order valence-electron chi connectivity index (χ3n) is 3.96. The number of hydrogen-bond donors (Lipinski definition) is 1. The molecule has 0 aliphatic rings. The average Bonchev–Trinajstić information content (AvgIpc) is 2.55. The second-order valence-electron chi connectivity index (χ2n) is 5.79. The van der Waals surface area contributed by atoms with Crippen molar-refractivity contribution < 1.29 is 17.9 Å². The summed E-state index contributed by atoms with van der Waals surface area (Å²) in [7, 11) is -0.678. The SMILES string of the molecule is COc1cc(C)c(S(=O)(=O)Nc2ccccc2N(C)C(C)=O)cc1C. The van der Waals surface area contributed by atoms with E-state index in [0.29, 0.717) is 22.7 Å². The van der Waals surface area contributed by atoms with E-state index in [1.165, 1.54) is 11.8 Å². The molecule has 0 unspecified atom stereocenters. The number of para-hydroxylation sites is 2. The Bertz CT molecular complexity index is 907. The zero-order chi connectivity index (χ0) is 18.8. The molecule has 6 nitrogen and oxygen atoms in total. The zero-order valence-corrected chi connectivity index (χ0v) is 15.8. The number of nitrogens with zero attached hydrogens (tertiary/aromatic N) is 1. The molecule has 0 heterocycles. The van der Waals surface area contributed by atoms with Gasteiger partial charge in [-0.15, -0.1) is 0 Å². The van der Waals surface area contributed by atoms with Crippen molar-refractivity contribution in [2.45, 2.75) is 25.7 Å². The van der Waals surface area contributed by atoms with Crippen molar-refractivity contribution in [1.29, 1.82) is 0 Å². The summed E-state index contributed by atoms with van der Waals surface area (Å²) in [6, 6.07) is 10.0.